The molecule has 9 unspecified atom stereocenters. The first-order chi connectivity index (χ1) is 19.4. The van der Waals surface area contributed by atoms with Gasteiger partial charge in [0.1, 0.15) is 36.6 Å². The molecule has 8 N–H and O–H groups in total. The summed E-state index contributed by atoms with van der Waals surface area (Å²) in [6.45, 7) is 0.0951. The van der Waals surface area contributed by atoms with E-state index in [0.29, 0.717) is 17.9 Å². The van der Waals surface area contributed by atoms with E-state index in [1.807, 2.05) is 4.98 Å². The lowest BCUT2D eigenvalue weighted by Crippen LogP contribution is -2.54. The third-order valence-corrected chi connectivity index (χ3v) is 6.89. The van der Waals surface area contributed by atoms with E-state index < -0.39 is 89.9 Å². The number of rotatable bonds is 8. The molecule has 0 aliphatic carbocycles. The first-order valence-electron chi connectivity index (χ1n) is 12.6. The maximum atomic E-state index is 12.9. The minimum Gasteiger partial charge on any atom is -0.456 e. The highest BCUT2D eigenvalue weighted by molar-refractivity contribution is 5.95. The largest absolute Gasteiger partial charge is 0.456 e. The Bertz CT molecular complexity index is 1300. The minimum absolute atomic E-state index is 0.0951. The van der Waals surface area contributed by atoms with Gasteiger partial charge in [-0.15, -0.1) is 0 Å². The van der Waals surface area contributed by atoms with Crippen LogP contribution in [-0.2, 0) is 33.3 Å². The number of ether oxygens (including phenoxy) is 4. The molecule has 3 amide bonds. The zero-order chi connectivity index (χ0) is 30.0. The molecular weight excluding hydrogens is 554 g/mol. The molecule has 4 heterocycles. The highest BCUT2D eigenvalue weighted by Gasteiger charge is 2.52. The van der Waals surface area contributed by atoms with Gasteiger partial charge in [0.25, 0.3) is 17.4 Å². The molecule has 2 saturated heterocycles. The number of nitrogens with one attached hydrogen (secondary N) is 2. The summed E-state index contributed by atoms with van der Waals surface area (Å²) in [4.78, 5) is 63.3. The summed E-state index contributed by atoms with van der Waals surface area (Å²) in [6.07, 6.45) is -9.99. The van der Waals surface area contributed by atoms with Crippen molar-refractivity contribution >= 4 is 17.7 Å². The molecule has 226 valence electrons. The van der Waals surface area contributed by atoms with E-state index in [1.165, 1.54) is 7.11 Å². The SMILES string of the molecule is COC1C(O)C(n2ccc(=O)[nH]c2=O)OC1C(OC1OC(C(=O)NC2CCCCN(O)C2=O)=CC(O)C1O)C(N)=O. The Kier molecular flexibility index (Phi) is 9.22. The quantitative estimate of drug-likeness (QED) is 0.142. The number of nitrogens with two attached hydrogens (primary N) is 1. The van der Waals surface area contributed by atoms with Crippen LogP contribution in [0.4, 0.5) is 0 Å². The molecule has 0 bridgehead atoms. The summed E-state index contributed by atoms with van der Waals surface area (Å²) in [5.41, 5.74) is 3.88. The van der Waals surface area contributed by atoms with Crippen molar-refractivity contribution in [3.63, 3.8) is 0 Å². The van der Waals surface area contributed by atoms with Crippen molar-refractivity contribution in [3.05, 3.63) is 44.9 Å². The number of nitrogens with zero attached hydrogens (tertiary/aromatic N) is 2. The molecule has 3 aliphatic rings. The standard InChI is InChI=1S/C23H31N5O13/c1-38-15-14(32)21(27-7-5-12(30)26-23(27)36)40-16(15)17(18(24)33)41-22-13(31)10(29)8-11(39-22)19(34)25-9-4-2-3-6-28(37)20(9)35/h5,7-10,13-17,21-22,29,31-32,37H,2-4,6H2,1H3,(H2,24,33)(H,25,34)(H,26,30,36). The predicted molar refractivity (Wildman–Crippen MR) is 130 cm³/mol. The van der Waals surface area contributed by atoms with Gasteiger partial charge in [-0.2, -0.15) is 0 Å². The fourth-order valence-corrected chi connectivity index (χ4v) is 4.77. The topological polar surface area (TPSA) is 265 Å². The van der Waals surface area contributed by atoms with Crippen LogP contribution in [0, 0.1) is 0 Å². The summed E-state index contributed by atoms with van der Waals surface area (Å²) >= 11 is 0. The van der Waals surface area contributed by atoms with Crippen molar-refractivity contribution in [2.75, 3.05) is 13.7 Å². The van der Waals surface area contributed by atoms with Gasteiger partial charge in [0.2, 0.25) is 12.2 Å². The Hall–Kier alpha value is -3.65. The van der Waals surface area contributed by atoms with Gasteiger partial charge in [-0.3, -0.25) is 33.9 Å². The van der Waals surface area contributed by atoms with Crippen molar-refractivity contribution in [1.82, 2.24) is 19.9 Å². The van der Waals surface area contributed by atoms with Crippen LogP contribution < -0.4 is 22.3 Å². The van der Waals surface area contributed by atoms with E-state index in [9.17, 15) is 44.5 Å². The van der Waals surface area contributed by atoms with E-state index in [4.69, 9.17) is 24.7 Å². The molecule has 0 saturated carbocycles. The Morgan fingerprint density at radius 1 is 1.20 bits per heavy atom. The van der Waals surface area contributed by atoms with Crippen molar-refractivity contribution in [2.24, 2.45) is 5.73 Å². The van der Waals surface area contributed by atoms with Gasteiger partial charge in [0.05, 0.1) is 0 Å². The van der Waals surface area contributed by atoms with Crippen molar-refractivity contribution in [2.45, 2.75) is 74.4 Å². The van der Waals surface area contributed by atoms with Crippen LogP contribution in [0.2, 0.25) is 0 Å². The third kappa shape index (κ3) is 6.32. The van der Waals surface area contributed by atoms with Crippen molar-refractivity contribution in [1.29, 1.82) is 0 Å². The molecule has 2 fully saturated rings. The number of carbonyl (C=O) groups is 3. The monoisotopic (exact) mass is 585 g/mol. The average molecular weight is 586 g/mol. The maximum Gasteiger partial charge on any atom is 0.330 e. The number of amides is 3. The predicted octanol–water partition coefficient (Wildman–Crippen LogP) is -4.47. The average Bonchev–Trinajstić information content (AvgIpc) is 3.16. The van der Waals surface area contributed by atoms with E-state index in [1.54, 1.807) is 0 Å². The third-order valence-electron chi connectivity index (χ3n) is 6.89. The Labute approximate surface area is 230 Å². The number of aliphatic hydroxyl groups is 3. The zero-order valence-corrected chi connectivity index (χ0v) is 21.7. The Morgan fingerprint density at radius 3 is 2.59 bits per heavy atom. The summed E-state index contributed by atoms with van der Waals surface area (Å²) in [5.74, 6) is -3.47. The van der Waals surface area contributed by atoms with Gasteiger partial charge in [0, 0.05) is 25.9 Å². The minimum atomic E-state index is -1.89. The Balaban J connectivity index is 1.52. The van der Waals surface area contributed by atoms with Gasteiger partial charge in [-0.25, -0.2) is 9.86 Å². The lowest BCUT2D eigenvalue weighted by Gasteiger charge is -2.35. The van der Waals surface area contributed by atoms with Crippen LogP contribution >= 0.6 is 0 Å². The first kappa shape index (κ1) is 30.3. The van der Waals surface area contributed by atoms with Gasteiger partial charge >= 0.3 is 5.69 Å². The molecule has 0 spiro atoms. The number of primary amides is 1. The molecule has 1 aromatic heterocycles. The molecule has 1 aromatic rings. The van der Waals surface area contributed by atoms with Crippen LogP contribution in [-0.4, -0.2) is 115 Å². The van der Waals surface area contributed by atoms with Gasteiger partial charge < -0.3 is 45.3 Å². The maximum absolute atomic E-state index is 12.9. The molecule has 0 radical (unpaired) electrons. The van der Waals surface area contributed by atoms with Crippen molar-refractivity contribution < 1.29 is 53.9 Å². The molecule has 4 rings (SSSR count). The smallest absolute Gasteiger partial charge is 0.330 e. The van der Waals surface area contributed by atoms with E-state index in [2.05, 4.69) is 5.32 Å². The van der Waals surface area contributed by atoms with Gasteiger partial charge in [0.15, 0.2) is 18.1 Å². The van der Waals surface area contributed by atoms with E-state index in [-0.39, 0.29) is 13.0 Å². The number of aromatic nitrogens is 2. The molecular formula is C23H31N5O13. The van der Waals surface area contributed by atoms with Crippen LogP contribution in [0.25, 0.3) is 0 Å². The van der Waals surface area contributed by atoms with Crippen LogP contribution in [0.5, 0.6) is 0 Å². The number of carbonyl (C=O) groups excluding carboxylic acids is 3. The highest BCUT2D eigenvalue weighted by Crippen LogP contribution is 2.34. The van der Waals surface area contributed by atoms with Crippen LogP contribution in [0.1, 0.15) is 25.5 Å². The number of H-pyrrole nitrogens is 1. The molecule has 3 aliphatic heterocycles. The molecule has 18 heteroatoms. The number of aromatic amines is 1. The Morgan fingerprint density at radius 2 is 1.93 bits per heavy atom. The summed E-state index contributed by atoms with van der Waals surface area (Å²) in [5, 5.41) is 44.3. The summed E-state index contributed by atoms with van der Waals surface area (Å²) < 4.78 is 22.8. The van der Waals surface area contributed by atoms with Crippen LogP contribution in [0.3, 0.4) is 0 Å². The number of hydrogen-bond acceptors (Lipinski definition) is 13. The van der Waals surface area contributed by atoms with Crippen molar-refractivity contribution in [3.8, 4) is 0 Å². The molecule has 18 nitrogen and oxygen atoms in total. The second kappa shape index (κ2) is 12.5. The number of methoxy groups -OCH3 is 1. The van der Waals surface area contributed by atoms with E-state index >= 15 is 0 Å². The first-order valence-corrected chi connectivity index (χ1v) is 12.6. The normalized spacial score (nSPS) is 33.0. The van der Waals surface area contributed by atoms with Gasteiger partial charge in [-0.1, -0.05) is 0 Å². The number of hydrogen-bond donors (Lipinski definition) is 7. The zero-order valence-electron chi connectivity index (χ0n) is 21.7. The number of aliphatic hydroxyl groups excluding tert-OH is 3. The summed E-state index contributed by atoms with van der Waals surface area (Å²) in [7, 11) is 1.17. The fourth-order valence-electron chi connectivity index (χ4n) is 4.77. The lowest BCUT2D eigenvalue weighted by molar-refractivity contribution is -0.241. The van der Waals surface area contributed by atoms with E-state index in [0.717, 1.165) is 22.9 Å². The fraction of sp³-hybridized carbons (Fsp3) is 0.609. The second-order valence-electron chi connectivity index (χ2n) is 9.64. The second-order valence-corrected chi connectivity index (χ2v) is 9.64. The lowest BCUT2D eigenvalue weighted by atomic mass is 10.0. The van der Waals surface area contributed by atoms with Gasteiger partial charge in [-0.05, 0) is 25.3 Å². The number of hydroxylamine groups is 2. The molecule has 9 atom stereocenters. The molecule has 0 aromatic carbocycles. The highest BCUT2D eigenvalue weighted by atomic mass is 16.7. The summed E-state index contributed by atoms with van der Waals surface area (Å²) in [6, 6.07) is -0.0904. The van der Waals surface area contributed by atoms with Crippen LogP contribution in [0.15, 0.2) is 33.7 Å². The molecule has 41 heavy (non-hydrogen) atoms.